The molecule has 1 atom stereocenters. The van der Waals surface area contributed by atoms with Crippen molar-refractivity contribution in [2.75, 3.05) is 11.9 Å². The van der Waals surface area contributed by atoms with E-state index in [2.05, 4.69) is 20.6 Å². The molecule has 142 valence electrons. The fraction of sp³-hybridized carbons (Fsp3) is 0.235. The molecule has 0 spiro atoms. The molecule has 0 fully saturated rings. The van der Waals surface area contributed by atoms with E-state index in [-0.39, 0.29) is 10.6 Å². The van der Waals surface area contributed by atoms with Crippen molar-refractivity contribution in [3.63, 3.8) is 0 Å². The molecule has 27 heavy (non-hydrogen) atoms. The van der Waals surface area contributed by atoms with Crippen molar-refractivity contribution in [1.29, 1.82) is 0 Å². The molecular formula is C17H17N4O5S-. The Morgan fingerprint density at radius 3 is 2.44 bits per heavy atom. The average molecular weight is 389 g/mol. The second kappa shape index (κ2) is 6.88. The number of rotatable bonds is 6. The zero-order valence-corrected chi connectivity index (χ0v) is 15.4. The molecule has 0 aromatic heterocycles. The van der Waals surface area contributed by atoms with E-state index in [9.17, 15) is 18.3 Å². The number of carbonyl (C=O) groups excluding carboxylic acids is 1. The van der Waals surface area contributed by atoms with Crippen LogP contribution in [0.4, 0.5) is 10.5 Å². The molecule has 0 radical (unpaired) electrons. The van der Waals surface area contributed by atoms with Crippen molar-refractivity contribution in [2.24, 2.45) is 9.98 Å². The van der Waals surface area contributed by atoms with Crippen molar-refractivity contribution in [3.05, 3.63) is 53.2 Å². The topological polar surface area (TPSA) is 132 Å². The van der Waals surface area contributed by atoms with Gasteiger partial charge in [-0.15, -0.1) is 0 Å². The lowest BCUT2D eigenvalue weighted by molar-refractivity contribution is -0.252. The molecule has 1 amide bonds. The molecule has 1 unspecified atom stereocenters. The summed E-state index contributed by atoms with van der Waals surface area (Å²) >= 11 is 0. The number of anilines is 1. The van der Waals surface area contributed by atoms with E-state index in [0.29, 0.717) is 10.7 Å². The minimum atomic E-state index is -4.03. The molecule has 1 heterocycles. The van der Waals surface area contributed by atoms with Crippen LogP contribution >= 0.6 is 0 Å². The van der Waals surface area contributed by atoms with Crippen LogP contribution in [-0.2, 0) is 10.1 Å². The van der Waals surface area contributed by atoms with Crippen LogP contribution in [0.15, 0.2) is 57.3 Å². The maximum Gasteiger partial charge on any atom is 0.339 e. The highest BCUT2D eigenvalue weighted by Crippen LogP contribution is 2.19. The van der Waals surface area contributed by atoms with Crippen molar-refractivity contribution < 1.29 is 22.5 Å². The van der Waals surface area contributed by atoms with Gasteiger partial charge in [-0.1, -0.05) is 0 Å². The number of carboxylic acid groups (broad SMARTS) is 1. The highest BCUT2D eigenvalue weighted by Gasteiger charge is 2.25. The van der Waals surface area contributed by atoms with E-state index < -0.39 is 22.0 Å². The number of fused-ring (bicyclic) bond motifs is 1. The minimum Gasteiger partial charge on any atom is -0.530 e. The molecule has 0 saturated heterocycles. The van der Waals surface area contributed by atoms with Gasteiger partial charge < -0.3 is 24.7 Å². The molecule has 9 nitrogen and oxygen atoms in total. The second-order valence-electron chi connectivity index (χ2n) is 5.90. The van der Waals surface area contributed by atoms with Crippen LogP contribution < -0.4 is 30.6 Å². The van der Waals surface area contributed by atoms with E-state index in [1.165, 1.54) is 37.3 Å². The Labute approximate surface area is 155 Å². The average Bonchev–Trinajstić information content (AvgIpc) is 2.89. The Morgan fingerprint density at radius 2 is 1.81 bits per heavy atom. The van der Waals surface area contributed by atoms with Gasteiger partial charge in [0, 0.05) is 25.2 Å². The first kappa shape index (κ1) is 18.6. The van der Waals surface area contributed by atoms with Crippen molar-refractivity contribution in [1.82, 2.24) is 5.32 Å². The van der Waals surface area contributed by atoms with E-state index >= 15 is 0 Å². The monoisotopic (exact) mass is 389 g/mol. The molecule has 1 aliphatic rings. The summed E-state index contributed by atoms with van der Waals surface area (Å²) in [7, 11) is -4.03. The summed E-state index contributed by atoms with van der Waals surface area (Å²) in [6, 6.07) is 10.5. The third-order valence-corrected chi connectivity index (χ3v) is 4.95. The standard InChI is InChI=1S/C17H18N4O5S/c1-3-18-11-4-7-13(8-5-11)27(24,25)26-12-6-9-14-15(10-12)20-17(2,19-14)21-16(22)23/h4-10,18,21H,3H2,1-2H3,(H,22,23)/p-1. The van der Waals surface area contributed by atoms with Crippen LogP contribution in [0.5, 0.6) is 5.75 Å². The predicted octanol–water partition coefficient (Wildman–Crippen LogP) is -0.254. The summed E-state index contributed by atoms with van der Waals surface area (Å²) in [5, 5.41) is 16.6. The zero-order valence-electron chi connectivity index (χ0n) is 14.6. The quantitative estimate of drug-likeness (QED) is 0.655. The lowest BCUT2D eigenvalue weighted by atomic mass is 10.3. The van der Waals surface area contributed by atoms with Gasteiger partial charge in [-0.3, -0.25) is 0 Å². The maximum atomic E-state index is 12.4. The van der Waals surface area contributed by atoms with Gasteiger partial charge in [0.15, 0.2) is 0 Å². The SMILES string of the molecule is CCNc1ccc(S(=O)(=O)Oc2ccc3c(c2)=NC(C)(NC(=O)[O-])N=3)cc1. The molecule has 2 aromatic carbocycles. The third kappa shape index (κ3) is 4.17. The smallest absolute Gasteiger partial charge is 0.339 e. The van der Waals surface area contributed by atoms with Crippen LogP contribution in [0.1, 0.15) is 13.8 Å². The van der Waals surface area contributed by atoms with Crippen molar-refractivity contribution in [3.8, 4) is 5.75 Å². The molecule has 0 bridgehead atoms. The van der Waals surface area contributed by atoms with E-state index in [4.69, 9.17) is 4.18 Å². The molecule has 0 aliphatic carbocycles. The van der Waals surface area contributed by atoms with Crippen LogP contribution in [-0.4, -0.2) is 26.8 Å². The number of amides is 1. The predicted molar refractivity (Wildman–Crippen MR) is 94.1 cm³/mol. The number of hydrogen-bond acceptors (Lipinski definition) is 8. The van der Waals surface area contributed by atoms with Gasteiger partial charge in [0.2, 0.25) is 5.79 Å². The fourth-order valence-electron chi connectivity index (χ4n) is 2.60. The first-order chi connectivity index (χ1) is 12.7. The molecule has 3 rings (SSSR count). The number of benzene rings is 2. The van der Waals surface area contributed by atoms with Crippen molar-refractivity contribution >= 4 is 21.9 Å². The van der Waals surface area contributed by atoms with E-state index in [0.717, 1.165) is 12.2 Å². The van der Waals surface area contributed by atoms with Crippen LogP contribution in [0, 0.1) is 0 Å². The van der Waals surface area contributed by atoms with Crippen LogP contribution in [0.3, 0.4) is 0 Å². The largest absolute Gasteiger partial charge is 0.530 e. The van der Waals surface area contributed by atoms with E-state index in [1.807, 2.05) is 6.92 Å². The van der Waals surface area contributed by atoms with Gasteiger partial charge in [-0.2, -0.15) is 8.42 Å². The summed E-state index contributed by atoms with van der Waals surface area (Å²) in [5.74, 6) is -1.37. The first-order valence-electron chi connectivity index (χ1n) is 8.08. The lowest BCUT2D eigenvalue weighted by Gasteiger charge is -2.20. The minimum absolute atomic E-state index is 0.00901. The Kier molecular flexibility index (Phi) is 4.75. The van der Waals surface area contributed by atoms with Gasteiger partial charge >= 0.3 is 10.1 Å². The molecule has 0 saturated carbocycles. The number of hydrogen-bond donors (Lipinski definition) is 2. The Balaban J connectivity index is 1.86. The second-order valence-corrected chi connectivity index (χ2v) is 7.45. The summed E-state index contributed by atoms with van der Waals surface area (Å²) in [6.45, 7) is 4.11. The molecule has 10 heteroatoms. The highest BCUT2D eigenvalue weighted by atomic mass is 32.2. The number of nitrogens with zero attached hydrogens (tertiary/aromatic N) is 2. The van der Waals surface area contributed by atoms with Gasteiger partial charge in [-0.25, -0.2) is 9.98 Å². The summed E-state index contributed by atoms with van der Waals surface area (Å²) in [6.07, 6.45) is -1.52. The Hall–Kier alpha value is -3.14. The Morgan fingerprint density at radius 1 is 1.15 bits per heavy atom. The molecule has 2 aromatic rings. The highest BCUT2D eigenvalue weighted by molar-refractivity contribution is 7.87. The van der Waals surface area contributed by atoms with Crippen LogP contribution in [0.25, 0.3) is 0 Å². The number of nitrogens with one attached hydrogen (secondary N) is 2. The lowest BCUT2D eigenvalue weighted by Crippen LogP contribution is -2.48. The normalized spacial score (nSPS) is 18.0. The van der Waals surface area contributed by atoms with E-state index in [1.54, 1.807) is 12.1 Å². The van der Waals surface area contributed by atoms with Crippen LogP contribution in [0.2, 0.25) is 0 Å². The molecule has 2 N–H and O–H groups in total. The van der Waals surface area contributed by atoms with Crippen molar-refractivity contribution in [2.45, 2.75) is 24.5 Å². The maximum absolute atomic E-state index is 12.4. The summed E-state index contributed by atoms with van der Waals surface area (Å²) in [5.41, 5.74) is 0.800. The fourth-order valence-corrected chi connectivity index (χ4v) is 3.52. The number of carbonyl (C=O) groups is 1. The van der Waals surface area contributed by atoms with Gasteiger partial charge in [0.1, 0.15) is 16.7 Å². The summed E-state index contributed by atoms with van der Waals surface area (Å²) in [4.78, 5) is 19.0. The van der Waals surface area contributed by atoms with Gasteiger partial charge in [0.25, 0.3) is 0 Å². The first-order valence-corrected chi connectivity index (χ1v) is 9.49. The molecular weight excluding hydrogens is 372 g/mol. The van der Waals surface area contributed by atoms with Gasteiger partial charge in [0.05, 0.1) is 10.7 Å². The summed E-state index contributed by atoms with van der Waals surface area (Å²) < 4.78 is 30.1. The third-order valence-electron chi connectivity index (χ3n) is 3.69. The van der Waals surface area contributed by atoms with Gasteiger partial charge in [-0.05, 0) is 43.3 Å². The molecule has 1 aliphatic heterocycles. The Bertz CT molecular complexity index is 1100. The zero-order chi connectivity index (χ0) is 19.7.